The van der Waals surface area contributed by atoms with Gasteiger partial charge in [-0.2, -0.15) is 0 Å². The van der Waals surface area contributed by atoms with E-state index >= 15 is 0 Å². The van der Waals surface area contributed by atoms with Gasteiger partial charge in [0.1, 0.15) is 5.75 Å². The Kier molecular flexibility index (Phi) is 11.0. The second-order valence-electron chi connectivity index (χ2n) is 5.77. The van der Waals surface area contributed by atoms with Gasteiger partial charge in [-0.25, -0.2) is 0 Å². The minimum absolute atomic E-state index is 0. The Labute approximate surface area is 157 Å². The molecule has 0 fully saturated rings. The monoisotopic (exact) mass is 435 g/mol. The first-order valence-corrected chi connectivity index (χ1v) is 7.63. The maximum atomic E-state index is 5.38. The van der Waals surface area contributed by atoms with E-state index in [4.69, 9.17) is 9.47 Å². The number of ether oxygens (including phenoxy) is 2. The lowest BCUT2D eigenvalue weighted by molar-refractivity contribution is 0.0268. The molecule has 132 valence electrons. The summed E-state index contributed by atoms with van der Waals surface area (Å²) >= 11 is 0. The zero-order valence-corrected chi connectivity index (χ0v) is 17.1. The number of nitrogens with one attached hydrogen (secondary N) is 2. The topological polar surface area (TPSA) is 54.9 Å². The Morgan fingerprint density at radius 1 is 1.13 bits per heavy atom. The SMILES string of the molecule is CN=C(NCCCc1ccc(OC)cc1)NCC(C)(C)OC.I. The lowest BCUT2D eigenvalue weighted by Gasteiger charge is -2.24. The normalized spacial score (nSPS) is 11.6. The summed E-state index contributed by atoms with van der Waals surface area (Å²) in [5, 5.41) is 6.59. The molecule has 0 spiro atoms. The van der Waals surface area contributed by atoms with E-state index < -0.39 is 0 Å². The highest BCUT2D eigenvalue weighted by atomic mass is 127. The van der Waals surface area contributed by atoms with Crippen LogP contribution in [0.2, 0.25) is 0 Å². The highest BCUT2D eigenvalue weighted by Gasteiger charge is 2.16. The average molecular weight is 435 g/mol. The molecule has 23 heavy (non-hydrogen) atoms. The number of aliphatic imine (C=N–C) groups is 1. The largest absolute Gasteiger partial charge is 0.497 e. The summed E-state index contributed by atoms with van der Waals surface area (Å²) < 4.78 is 10.5. The Morgan fingerprint density at radius 3 is 2.30 bits per heavy atom. The number of aryl methyl sites for hydroxylation is 1. The van der Waals surface area contributed by atoms with E-state index in [0.29, 0.717) is 6.54 Å². The molecule has 0 radical (unpaired) electrons. The van der Waals surface area contributed by atoms with Crippen LogP contribution in [0.5, 0.6) is 5.75 Å². The van der Waals surface area contributed by atoms with E-state index in [1.165, 1.54) is 5.56 Å². The maximum Gasteiger partial charge on any atom is 0.191 e. The lowest BCUT2D eigenvalue weighted by Crippen LogP contribution is -2.45. The van der Waals surface area contributed by atoms with Gasteiger partial charge in [0, 0.05) is 27.2 Å². The summed E-state index contributed by atoms with van der Waals surface area (Å²) in [4.78, 5) is 4.21. The van der Waals surface area contributed by atoms with Gasteiger partial charge in [-0.1, -0.05) is 12.1 Å². The van der Waals surface area contributed by atoms with Gasteiger partial charge in [0.25, 0.3) is 0 Å². The van der Waals surface area contributed by atoms with E-state index in [2.05, 4.69) is 27.8 Å². The molecule has 1 rings (SSSR count). The van der Waals surface area contributed by atoms with Crippen molar-refractivity contribution in [3.05, 3.63) is 29.8 Å². The zero-order chi connectivity index (χ0) is 16.4. The van der Waals surface area contributed by atoms with Gasteiger partial charge in [0.05, 0.1) is 12.7 Å². The summed E-state index contributed by atoms with van der Waals surface area (Å²) in [5.74, 6) is 1.70. The second kappa shape index (κ2) is 11.5. The molecule has 0 aromatic heterocycles. The van der Waals surface area contributed by atoms with Gasteiger partial charge in [0.15, 0.2) is 5.96 Å². The highest BCUT2D eigenvalue weighted by Crippen LogP contribution is 2.12. The quantitative estimate of drug-likeness (QED) is 0.286. The molecule has 1 aromatic carbocycles. The van der Waals surface area contributed by atoms with Crippen molar-refractivity contribution in [2.75, 3.05) is 34.4 Å². The molecule has 0 aliphatic rings. The molecule has 0 bridgehead atoms. The van der Waals surface area contributed by atoms with Crippen molar-refractivity contribution >= 4 is 29.9 Å². The van der Waals surface area contributed by atoms with E-state index in [1.807, 2.05) is 26.0 Å². The van der Waals surface area contributed by atoms with Crippen LogP contribution < -0.4 is 15.4 Å². The van der Waals surface area contributed by atoms with E-state index in [9.17, 15) is 0 Å². The van der Waals surface area contributed by atoms with Crippen molar-refractivity contribution in [1.82, 2.24) is 10.6 Å². The van der Waals surface area contributed by atoms with Gasteiger partial charge in [0.2, 0.25) is 0 Å². The van der Waals surface area contributed by atoms with Crippen LogP contribution in [-0.4, -0.2) is 45.9 Å². The van der Waals surface area contributed by atoms with Crippen molar-refractivity contribution in [1.29, 1.82) is 0 Å². The average Bonchev–Trinajstić information content (AvgIpc) is 2.54. The molecule has 0 saturated carbocycles. The van der Waals surface area contributed by atoms with Crippen LogP contribution in [0.15, 0.2) is 29.3 Å². The van der Waals surface area contributed by atoms with Gasteiger partial charge in [-0.05, 0) is 44.4 Å². The van der Waals surface area contributed by atoms with Crippen molar-refractivity contribution in [2.45, 2.75) is 32.3 Å². The first kappa shape index (κ1) is 22.0. The van der Waals surface area contributed by atoms with Gasteiger partial charge in [-0.3, -0.25) is 4.99 Å². The van der Waals surface area contributed by atoms with Crippen LogP contribution >= 0.6 is 24.0 Å². The summed E-state index contributed by atoms with van der Waals surface area (Å²) in [6.07, 6.45) is 2.07. The maximum absolute atomic E-state index is 5.38. The fourth-order valence-corrected chi connectivity index (χ4v) is 1.88. The number of guanidine groups is 1. The Morgan fingerprint density at radius 2 is 1.78 bits per heavy atom. The molecular formula is C17H30IN3O2. The van der Waals surface area contributed by atoms with E-state index in [0.717, 1.165) is 31.1 Å². The molecule has 5 nitrogen and oxygen atoms in total. The Bertz CT molecular complexity index is 461. The van der Waals surface area contributed by atoms with Crippen molar-refractivity contribution in [3.63, 3.8) is 0 Å². The van der Waals surface area contributed by atoms with Crippen LogP contribution in [0.1, 0.15) is 25.8 Å². The first-order chi connectivity index (χ1) is 10.5. The summed E-state index contributed by atoms with van der Waals surface area (Å²) in [6, 6.07) is 8.20. The fraction of sp³-hybridized carbons (Fsp3) is 0.588. The molecule has 6 heteroatoms. The van der Waals surface area contributed by atoms with E-state index in [-0.39, 0.29) is 29.6 Å². The second-order valence-corrected chi connectivity index (χ2v) is 5.77. The molecule has 0 amide bonds. The molecule has 0 saturated heterocycles. The number of hydrogen-bond acceptors (Lipinski definition) is 3. The summed E-state index contributed by atoms with van der Waals surface area (Å²) in [5.41, 5.74) is 1.10. The van der Waals surface area contributed by atoms with Crippen LogP contribution in [0.3, 0.4) is 0 Å². The molecular weight excluding hydrogens is 405 g/mol. The zero-order valence-electron chi connectivity index (χ0n) is 14.8. The van der Waals surface area contributed by atoms with Crippen molar-refractivity contribution in [3.8, 4) is 5.75 Å². The van der Waals surface area contributed by atoms with Crippen LogP contribution in [0.4, 0.5) is 0 Å². The van der Waals surface area contributed by atoms with Crippen LogP contribution in [0.25, 0.3) is 0 Å². The Balaban J connectivity index is 0.00000484. The van der Waals surface area contributed by atoms with Crippen LogP contribution in [0, 0.1) is 0 Å². The van der Waals surface area contributed by atoms with Gasteiger partial charge in [-0.15, -0.1) is 24.0 Å². The molecule has 2 N–H and O–H groups in total. The third-order valence-corrected chi connectivity index (χ3v) is 3.55. The first-order valence-electron chi connectivity index (χ1n) is 7.63. The minimum Gasteiger partial charge on any atom is -0.497 e. The molecule has 0 unspecified atom stereocenters. The number of methoxy groups -OCH3 is 2. The van der Waals surface area contributed by atoms with Crippen molar-refractivity contribution < 1.29 is 9.47 Å². The highest BCUT2D eigenvalue weighted by molar-refractivity contribution is 14.0. The molecule has 0 aliphatic carbocycles. The molecule has 0 aliphatic heterocycles. The number of rotatable bonds is 8. The van der Waals surface area contributed by atoms with Crippen LogP contribution in [-0.2, 0) is 11.2 Å². The summed E-state index contributed by atoms with van der Waals surface area (Å²) in [7, 11) is 5.17. The minimum atomic E-state index is -0.208. The molecule has 0 atom stereocenters. The number of benzene rings is 1. The lowest BCUT2D eigenvalue weighted by atomic mass is 10.1. The third-order valence-electron chi connectivity index (χ3n) is 3.55. The van der Waals surface area contributed by atoms with Crippen molar-refractivity contribution in [2.24, 2.45) is 4.99 Å². The number of nitrogens with zero attached hydrogens (tertiary/aromatic N) is 1. The fourth-order valence-electron chi connectivity index (χ4n) is 1.88. The smallest absolute Gasteiger partial charge is 0.191 e. The number of hydrogen-bond donors (Lipinski definition) is 2. The van der Waals surface area contributed by atoms with Gasteiger partial charge >= 0.3 is 0 Å². The molecule has 0 heterocycles. The summed E-state index contributed by atoms with van der Waals surface area (Å²) in [6.45, 7) is 5.66. The van der Waals surface area contributed by atoms with Gasteiger partial charge < -0.3 is 20.1 Å². The standard InChI is InChI=1S/C17H29N3O2.HI/c1-17(2,22-5)13-20-16(18-3)19-12-6-7-14-8-10-15(21-4)11-9-14;/h8-11H,6-7,12-13H2,1-5H3,(H2,18,19,20);1H. The Hall–Kier alpha value is -1.02. The third kappa shape index (κ3) is 9.00. The number of halogens is 1. The predicted molar refractivity (Wildman–Crippen MR) is 107 cm³/mol. The molecule has 1 aromatic rings. The predicted octanol–water partition coefficient (Wildman–Crippen LogP) is 2.84. The van der Waals surface area contributed by atoms with E-state index in [1.54, 1.807) is 21.3 Å².